The third kappa shape index (κ3) is 3.89. The number of nitrogens with zero attached hydrogens (tertiary/aromatic N) is 3. The summed E-state index contributed by atoms with van der Waals surface area (Å²) in [7, 11) is 0. The first kappa shape index (κ1) is 20.3. The fourth-order valence-electron chi connectivity index (χ4n) is 3.52. The van der Waals surface area contributed by atoms with Gasteiger partial charge < -0.3 is 5.32 Å². The topological polar surface area (TPSA) is 74.1 Å². The van der Waals surface area contributed by atoms with E-state index in [1.807, 2.05) is 69.3 Å². The molecule has 0 unspecified atom stereocenters. The summed E-state index contributed by atoms with van der Waals surface area (Å²) in [5, 5.41) is 3.01. The molecule has 2 amide bonds. The number of nitrogens with one attached hydrogen (secondary N) is 1. The average Bonchev–Trinajstić information content (AvgIpc) is 3.05. The van der Waals surface area contributed by atoms with Crippen LogP contribution < -0.4 is 5.32 Å². The van der Waals surface area contributed by atoms with Gasteiger partial charge in [0.05, 0.1) is 10.9 Å². The van der Waals surface area contributed by atoms with Crippen LogP contribution in [0, 0.1) is 6.92 Å². The number of thioether (sulfide) groups is 1. The van der Waals surface area contributed by atoms with E-state index in [4.69, 9.17) is 9.98 Å². The van der Waals surface area contributed by atoms with E-state index in [-0.39, 0.29) is 11.8 Å². The summed E-state index contributed by atoms with van der Waals surface area (Å²) >= 11 is 1.28. The van der Waals surface area contributed by atoms with Crippen LogP contribution in [0.3, 0.4) is 0 Å². The van der Waals surface area contributed by atoms with Crippen LogP contribution in [0.1, 0.15) is 37.8 Å². The van der Waals surface area contributed by atoms with Gasteiger partial charge in [-0.05, 0) is 50.1 Å². The summed E-state index contributed by atoms with van der Waals surface area (Å²) in [5.74, 6) is 0.430. The van der Waals surface area contributed by atoms with Crippen molar-refractivity contribution < 1.29 is 9.59 Å². The van der Waals surface area contributed by atoms with Crippen molar-refractivity contribution in [3.05, 3.63) is 59.7 Å². The predicted octanol–water partition coefficient (Wildman–Crippen LogP) is 4.51. The van der Waals surface area contributed by atoms with E-state index in [1.54, 1.807) is 4.90 Å². The van der Waals surface area contributed by atoms with Crippen LogP contribution in [0.4, 0.5) is 11.4 Å². The van der Waals surface area contributed by atoms with E-state index in [0.717, 1.165) is 28.9 Å². The minimum absolute atomic E-state index is 0.0705. The molecule has 30 heavy (non-hydrogen) atoms. The molecule has 0 saturated heterocycles. The molecule has 1 N–H and O–H groups in total. The largest absolute Gasteiger partial charge is 0.325 e. The van der Waals surface area contributed by atoms with Crippen LogP contribution in [0.15, 0.2) is 58.5 Å². The van der Waals surface area contributed by atoms with Crippen molar-refractivity contribution in [2.45, 2.75) is 44.9 Å². The Hall–Kier alpha value is -2.93. The van der Waals surface area contributed by atoms with Gasteiger partial charge in [-0.3, -0.25) is 14.6 Å². The van der Waals surface area contributed by atoms with E-state index in [1.165, 1.54) is 11.8 Å². The molecule has 2 aromatic carbocycles. The van der Waals surface area contributed by atoms with Gasteiger partial charge in [-0.15, -0.1) is 0 Å². The number of aryl methyl sites for hydroxylation is 1. The SMILES string of the molecule is CCC[C@@H]1N=C2c3ccccc3N=C(S[C@@H](C)C(=O)Nc3cccc(C)c3)N2C1=O. The van der Waals surface area contributed by atoms with E-state index in [2.05, 4.69) is 5.32 Å². The lowest BCUT2D eigenvalue weighted by Crippen LogP contribution is -2.42. The molecule has 2 atom stereocenters. The summed E-state index contributed by atoms with van der Waals surface area (Å²) in [6, 6.07) is 15.0. The molecule has 6 nitrogen and oxygen atoms in total. The number of hydrogen-bond acceptors (Lipinski definition) is 5. The lowest BCUT2D eigenvalue weighted by Gasteiger charge is -2.26. The van der Waals surface area contributed by atoms with Gasteiger partial charge >= 0.3 is 0 Å². The molecule has 0 spiro atoms. The molecule has 2 aliphatic rings. The molecule has 0 aromatic heterocycles. The highest BCUT2D eigenvalue weighted by Crippen LogP contribution is 2.35. The maximum atomic E-state index is 13.0. The highest BCUT2D eigenvalue weighted by Gasteiger charge is 2.41. The number of benzene rings is 2. The molecule has 2 aromatic rings. The Morgan fingerprint density at radius 2 is 2.03 bits per heavy atom. The van der Waals surface area contributed by atoms with Gasteiger partial charge in [-0.1, -0.05) is 49.4 Å². The molecule has 0 fully saturated rings. The molecule has 0 bridgehead atoms. The molecule has 0 radical (unpaired) electrons. The minimum Gasteiger partial charge on any atom is -0.325 e. The number of hydrogen-bond donors (Lipinski definition) is 1. The lowest BCUT2D eigenvalue weighted by molar-refractivity contribution is -0.124. The van der Waals surface area contributed by atoms with Crippen molar-refractivity contribution >= 4 is 46.0 Å². The number of carbonyl (C=O) groups excluding carboxylic acids is 2. The monoisotopic (exact) mass is 420 g/mol. The maximum absolute atomic E-state index is 13.0. The van der Waals surface area contributed by atoms with E-state index < -0.39 is 11.3 Å². The predicted molar refractivity (Wildman–Crippen MR) is 122 cm³/mol. The summed E-state index contributed by atoms with van der Waals surface area (Å²) in [4.78, 5) is 36.8. The van der Waals surface area contributed by atoms with Crippen molar-refractivity contribution in [2.75, 3.05) is 5.32 Å². The first-order valence-electron chi connectivity index (χ1n) is 10.1. The first-order chi connectivity index (χ1) is 14.5. The summed E-state index contributed by atoms with van der Waals surface area (Å²) < 4.78 is 0. The number of amides is 2. The van der Waals surface area contributed by atoms with Gasteiger partial charge in [-0.2, -0.15) is 0 Å². The quantitative estimate of drug-likeness (QED) is 0.773. The van der Waals surface area contributed by atoms with Gasteiger partial charge in [0.1, 0.15) is 11.9 Å². The van der Waals surface area contributed by atoms with E-state index in [9.17, 15) is 9.59 Å². The maximum Gasteiger partial charge on any atom is 0.259 e. The smallest absolute Gasteiger partial charge is 0.259 e. The van der Waals surface area contributed by atoms with Crippen LogP contribution >= 0.6 is 11.8 Å². The van der Waals surface area contributed by atoms with Gasteiger partial charge in [0.2, 0.25) is 5.91 Å². The third-order valence-electron chi connectivity index (χ3n) is 5.05. The number of aliphatic imine (C=N–C) groups is 2. The second-order valence-corrected chi connectivity index (χ2v) is 8.77. The fraction of sp³-hybridized carbons (Fsp3) is 0.304. The average molecular weight is 421 g/mol. The number of anilines is 1. The number of carbonyl (C=O) groups is 2. The Bertz CT molecular complexity index is 1060. The second-order valence-electron chi connectivity index (χ2n) is 7.46. The molecule has 2 aliphatic heterocycles. The van der Waals surface area contributed by atoms with Gasteiger partial charge in [0, 0.05) is 11.3 Å². The molecular weight excluding hydrogens is 396 g/mol. The lowest BCUT2D eigenvalue weighted by atomic mass is 10.1. The zero-order valence-electron chi connectivity index (χ0n) is 17.3. The Kier molecular flexibility index (Phi) is 5.72. The molecule has 4 rings (SSSR count). The van der Waals surface area contributed by atoms with Crippen LogP contribution in [-0.2, 0) is 9.59 Å². The van der Waals surface area contributed by atoms with Crippen molar-refractivity contribution in [3.63, 3.8) is 0 Å². The summed E-state index contributed by atoms with van der Waals surface area (Å²) in [6.07, 6.45) is 1.57. The molecule has 154 valence electrons. The molecule has 7 heteroatoms. The zero-order chi connectivity index (χ0) is 21.3. The molecule has 2 heterocycles. The van der Waals surface area contributed by atoms with E-state index >= 15 is 0 Å². The number of rotatable bonds is 5. The van der Waals surface area contributed by atoms with Crippen LogP contribution in [0.2, 0.25) is 0 Å². The Morgan fingerprint density at radius 1 is 1.23 bits per heavy atom. The first-order valence-corrected chi connectivity index (χ1v) is 11.0. The summed E-state index contributed by atoms with van der Waals surface area (Å²) in [5.41, 5.74) is 3.45. The van der Waals surface area contributed by atoms with Gasteiger partial charge in [-0.25, -0.2) is 9.89 Å². The van der Waals surface area contributed by atoms with Gasteiger partial charge in [0.25, 0.3) is 5.91 Å². The molecule has 0 aliphatic carbocycles. The standard InChI is InChI=1S/C23H24N4O2S/c1-4-8-19-22(29)27-20(25-19)17-11-5-6-12-18(17)26-23(27)30-15(3)21(28)24-16-10-7-9-14(2)13-16/h5-7,9-13,15,19H,4,8H2,1-3H3,(H,24,28)/t15-,19-/m0/s1. The van der Waals surface area contributed by atoms with Crippen LogP contribution in [0.25, 0.3) is 0 Å². The third-order valence-corrected chi connectivity index (χ3v) is 6.10. The van der Waals surface area contributed by atoms with Gasteiger partial charge in [0.15, 0.2) is 5.17 Å². The summed E-state index contributed by atoms with van der Waals surface area (Å²) in [6.45, 7) is 5.84. The molecule has 0 saturated carbocycles. The van der Waals surface area contributed by atoms with Crippen molar-refractivity contribution in [2.24, 2.45) is 9.98 Å². The van der Waals surface area contributed by atoms with Crippen molar-refractivity contribution in [1.29, 1.82) is 0 Å². The second kappa shape index (κ2) is 8.44. The van der Waals surface area contributed by atoms with Crippen LogP contribution in [-0.4, -0.2) is 39.0 Å². The van der Waals surface area contributed by atoms with Crippen LogP contribution in [0.5, 0.6) is 0 Å². The Morgan fingerprint density at radius 3 is 2.80 bits per heavy atom. The Labute approximate surface area is 180 Å². The normalized spacial score (nSPS) is 18.3. The Balaban J connectivity index is 1.58. The highest BCUT2D eigenvalue weighted by atomic mass is 32.2. The zero-order valence-corrected chi connectivity index (χ0v) is 18.1. The number of fused-ring (bicyclic) bond motifs is 3. The number of para-hydroxylation sites is 1. The highest BCUT2D eigenvalue weighted by molar-refractivity contribution is 8.15. The minimum atomic E-state index is -0.436. The fourth-order valence-corrected chi connectivity index (χ4v) is 4.44. The van der Waals surface area contributed by atoms with E-state index in [0.29, 0.717) is 17.4 Å². The molecular formula is C23H24N4O2S. The van der Waals surface area contributed by atoms with Crippen molar-refractivity contribution in [1.82, 2.24) is 4.90 Å². The number of amidine groups is 2. The van der Waals surface area contributed by atoms with Crippen molar-refractivity contribution in [3.8, 4) is 0 Å².